The third-order valence-electron chi connectivity index (χ3n) is 6.75. The van der Waals surface area contributed by atoms with E-state index in [2.05, 4.69) is 5.32 Å². The second kappa shape index (κ2) is 5.55. The van der Waals surface area contributed by atoms with Crippen LogP contribution in [0, 0.1) is 17.8 Å². The van der Waals surface area contributed by atoms with Crippen molar-refractivity contribution in [3.05, 3.63) is 29.3 Å². The number of imide groups is 1. The highest BCUT2D eigenvalue weighted by atomic mass is 35.5. The van der Waals surface area contributed by atoms with Gasteiger partial charge in [-0.15, -0.1) is 0 Å². The second-order valence-electron chi connectivity index (χ2n) is 8.64. The molecule has 6 rings (SSSR count). The molecule has 5 heteroatoms. The largest absolute Gasteiger partial charge is 0.300 e. The summed E-state index contributed by atoms with van der Waals surface area (Å²) in [4.78, 5) is 26.8. The van der Waals surface area contributed by atoms with Gasteiger partial charge in [0, 0.05) is 10.6 Å². The standard InChI is InChI=1S/C20H23ClN2O2/c21-15-1-3-16(4-2-15)23-18(24)8-17(19(23)25)22-20-9-12-5-13(10-20)7-14(6-12)11-20/h1-4,12-14,17,22H,5-11H2/t12?,13?,14?,17-,20?/m1/s1. The van der Waals surface area contributed by atoms with Crippen LogP contribution in [0.25, 0.3) is 0 Å². The first kappa shape index (κ1) is 15.8. The van der Waals surface area contributed by atoms with Gasteiger partial charge in [0.2, 0.25) is 5.91 Å². The van der Waals surface area contributed by atoms with Gasteiger partial charge in [0.15, 0.2) is 0 Å². The van der Waals surface area contributed by atoms with Crippen molar-refractivity contribution in [3.63, 3.8) is 0 Å². The van der Waals surface area contributed by atoms with Gasteiger partial charge in [-0.25, -0.2) is 4.90 Å². The van der Waals surface area contributed by atoms with E-state index in [0.717, 1.165) is 17.8 Å². The van der Waals surface area contributed by atoms with E-state index in [9.17, 15) is 9.59 Å². The number of rotatable bonds is 3. The van der Waals surface area contributed by atoms with Crippen LogP contribution in [-0.4, -0.2) is 23.4 Å². The Hall–Kier alpha value is -1.39. The number of carbonyl (C=O) groups excluding carboxylic acids is 2. The fourth-order valence-corrected chi connectivity index (χ4v) is 6.39. The highest BCUT2D eigenvalue weighted by molar-refractivity contribution is 6.30. The van der Waals surface area contributed by atoms with Crippen LogP contribution in [0.1, 0.15) is 44.9 Å². The molecule has 4 nitrogen and oxygen atoms in total. The molecular weight excluding hydrogens is 336 g/mol. The van der Waals surface area contributed by atoms with Crippen molar-refractivity contribution in [3.8, 4) is 0 Å². The maximum absolute atomic E-state index is 12.9. The summed E-state index contributed by atoms with van der Waals surface area (Å²) in [5.74, 6) is 2.23. The second-order valence-corrected chi connectivity index (χ2v) is 9.08. The van der Waals surface area contributed by atoms with E-state index in [1.807, 2.05) is 0 Å². The lowest BCUT2D eigenvalue weighted by molar-refractivity contribution is -0.122. The van der Waals surface area contributed by atoms with E-state index in [4.69, 9.17) is 11.6 Å². The minimum atomic E-state index is -0.376. The van der Waals surface area contributed by atoms with Gasteiger partial charge in [0.1, 0.15) is 0 Å². The van der Waals surface area contributed by atoms with E-state index < -0.39 is 0 Å². The quantitative estimate of drug-likeness (QED) is 0.841. The zero-order valence-corrected chi connectivity index (χ0v) is 15.0. The number of hydrogen-bond donors (Lipinski definition) is 1. The normalized spacial score (nSPS) is 39.5. The number of benzene rings is 1. The number of halogens is 1. The molecule has 4 aliphatic carbocycles. The summed E-state index contributed by atoms with van der Waals surface area (Å²) >= 11 is 5.92. The van der Waals surface area contributed by atoms with Crippen LogP contribution in [0.5, 0.6) is 0 Å². The van der Waals surface area contributed by atoms with E-state index in [1.165, 1.54) is 43.4 Å². The van der Waals surface area contributed by atoms with Gasteiger partial charge in [-0.1, -0.05) is 11.6 Å². The zero-order chi connectivity index (χ0) is 17.2. The molecule has 1 atom stereocenters. The molecule has 4 bridgehead atoms. The van der Waals surface area contributed by atoms with Gasteiger partial charge in [-0.05, 0) is 80.5 Å². The van der Waals surface area contributed by atoms with Crippen molar-refractivity contribution in [2.45, 2.75) is 56.5 Å². The summed E-state index contributed by atoms with van der Waals surface area (Å²) in [6.45, 7) is 0. The van der Waals surface area contributed by atoms with Gasteiger partial charge >= 0.3 is 0 Å². The molecule has 5 aliphatic rings. The molecule has 5 fully saturated rings. The first-order chi connectivity index (χ1) is 12.0. The molecule has 4 saturated carbocycles. The van der Waals surface area contributed by atoms with Gasteiger partial charge in [0.25, 0.3) is 5.91 Å². The van der Waals surface area contributed by atoms with Crippen molar-refractivity contribution in [1.82, 2.24) is 5.32 Å². The van der Waals surface area contributed by atoms with Crippen LogP contribution in [0.15, 0.2) is 24.3 Å². The molecule has 2 amide bonds. The Bertz CT molecular complexity index is 694. The first-order valence-electron chi connectivity index (χ1n) is 9.41. The van der Waals surface area contributed by atoms with Crippen LogP contribution in [0.2, 0.25) is 5.02 Å². The zero-order valence-electron chi connectivity index (χ0n) is 14.2. The molecule has 0 radical (unpaired) electrons. The Morgan fingerprint density at radius 3 is 2.08 bits per heavy atom. The lowest BCUT2D eigenvalue weighted by atomic mass is 9.53. The van der Waals surface area contributed by atoms with Gasteiger partial charge in [-0.2, -0.15) is 0 Å². The molecule has 1 N–H and O–H groups in total. The van der Waals surface area contributed by atoms with Crippen LogP contribution in [-0.2, 0) is 9.59 Å². The number of hydrogen-bond acceptors (Lipinski definition) is 3. The highest BCUT2D eigenvalue weighted by Crippen LogP contribution is 2.55. The number of nitrogens with one attached hydrogen (secondary N) is 1. The van der Waals surface area contributed by atoms with Crippen LogP contribution < -0.4 is 10.2 Å². The molecule has 1 aromatic rings. The highest BCUT2D eigenvalue weighted by Gasteiger charge is 2.53. The van der Waals surface area contributed by atoms with E-state index in [0.29, 0.717) is 10.7 Å². The molecule has 1 aliphatic heterocycles. The summed E-state index contributed by atoms with van der Waals surface area (Å²) in [6, 6.07) is 6.55. The van der Waals surface area contributed by atoms with Gasteiger partial charge in [-0.3, -0.25) is 14.9 Å². The Kier molecular flexibility index (Phi) is 3.52. The predicted molar refractivity (Wildman–Crippen MR) is 96.4 cm³/mol. The molecular formula is C20H23ClN2O2. The predicted octanol–water partition coefficient (Wildman–Crippen LogP) is 3.53. The Balaban J connectivity index is 1.36. The monoisotopic (exact) mass is 358 g/mol. The fourth-order valence-electron chi connectivity index (χ4n) is 6.26. The van der Waals surface area contributed by atoms with Gasteiger partial charge in [0.05, 0.1) is 18.2 Å². The number of amides is 2. The number of nitrogens with zero attached hydrogens (tertiary/aromatic N) is 1. The molecule has 0 unspecified atom stereocenters. The first-order valence-corrected chi connectivity index (χ1v) is 9.79. The average Bonchev–Trinajstić information content (AvgIpc) is 2.80. The van der Waals surface area contributed by atoms with Crippen molar-refractivity contribution < 1.29 is 9.59 Å². The molecule has 1 saturated heterocycles. The average molecular weight is 359 g/mol. The van der Waals surface area contributed by atoms with Gasteiger partial charge < -0.3 is 0 Å². The third-order valence-corrected chi connectivity index (χ3v) is 7.00. The molecule has 25 heavy (non-hydrogen) atoms. The van der Waals surface area contributed by atoms with Crippen molar-refractivity contribution in [2.75, 3.05) is 4.90 Å². The summed E-state index contributed by atoms with van der Waals surface area (Å²) < 4.78 is 0. The van der Waals surface area contributed by atoms with Crippen LogP contribution in [0.3, 0.4) is 0 Å². The molecule has 132 valence electrons. The molecule has 0 aromatic heterocycles. The van der Waals surface area contributed by atoms with E-state index >= 15 is 0 Å². The van der Waals surface area contributed by atoms with Crippen LogP contribution in [0.4, 0.5) is 5.69 Å². The van der Waals surface area contributed by atoms with Crippen molar-refractivity contribution in [1.29, 1.82) is 0 Å². The Morgan fingerprint density at radius 2 is 1.52 bits per heavy atom. The summed E-state index contributed by atoms with van der Waals surface area (Å²) in [5.41, 5.74) is 0.708. The number of anilines is 1. The van der Waals surface area contributed by atoms with Crippen molar-refractivity contribution in [2.24, 2.45) is 17.8 Å². The number of carbonyl (C=O) groups is 2. The topological polar surface area (TPSA) is 49.4 Å². The summed E-state index contributed by atoms with van der Waals surface area (Å²) in [7, 11) is 0. The van der Waals surface area contributed by atoms with E-state index in [-0.39, 0.29) is 29.8 Å². The third kappa shape index (κ3) is 2.61. The summed E-state index contributed by atoms with van der Waals surface area (Å²) in [5, 5.41) is 4.28. The molecule has 1 aromatic carbocycles. The fraction of sp³-hybridized carbons (Fsp3) is 0.600. The van der Waals surface area contributed by atoms with Crippen molar-refractivity contribution >= 4 is 29.1 Å². The lowest BCUT2D eigenvalue weighted by Crippen LogP contribution is -2.61. The molecule has 1 heterocycles. The SMILES string of the molecule is O=C1C[C@@H](NC23CC4CC(CC(C4)C2)C3)C(=O)N1c1ccc(Cl)cc1. The Labute approximate surface area is 152 Å². The minimum absolute atomic E-state index is 0.0887. The maximum atomic E-state index is 12.9. The Morgan fingerprint density at radius 1 is 0.960 bits per heavy atom. The van der Waals surface area contributed by atoms with E-state index in [1.54, 1.807) is 24.3 Å². The minimum Gasteiger partial charge on any atom is -0.300 e. The lowest BCUT2D eigenvalue weighted by Gasteiger charge is -2.57. The maximum Gasteiger partial charge on any atom is 0.251 e. The summed E-state index contributed by atoms with van der Waals surface area (Å²) in [6.07, 6.45) is 7.91. The smallest absolute Gasteiger partial charge is 0.251 e. The molecule has 0 spiro atoms. The van der Waals surface area contributed by atoms with Crippen LogP contribution >= 0.6 is 11.6 Å².